The van der Waals surface area contributed by atoms with Crippen molar-refractivity contribution in [1.29, 1.82) is 0 Å². The lowest BCUT2D eigenvalue weighted by atomic mass is 10.1. The Hall–Kier alpha value is -1.57. The van der Waals surface area contributed by atoms with E-state index >= 15 is 0 Å². The Morgan fingerprint density at radius 2 is 1.29 bits per heavy atom. The second-order valence-corrected chi connectivity index (χ2v) is 4.99. The third-order valence-electron chi connectivity index (χ3n) is 2.98. The van der Waals surface area contributed by atoms with Crippen LogP contribution in [0.5, 0.6) is 0 Å². The van der Waals surface area contributed by atoms with Crippen LogP contribution in [0.4, 0.5) is 0 Å². The lowest BCUT2D eigenvalue weighted by Crippen LogP contribution is -1.93. The molecule has 0 aliphatic carbocycles. The number of hydrogen-bond acceptors (Lipinski definition) is 1. The molecule has 0 amide bonds. The summed E-state index contributed by atoms with van der Waals surface area (Å²) in [4.78, 5) is 10.3. The zero-order chi connectivity index (χ0) is 15.6. The van der Waals surface area contributed by atoms with Crippen LogP contribution in [0.1, 0.15) is 64.7 Å². The predicted molar refractivity (Wildman–Crippen MR) is 91.4 cm³/mol. The SMILES string of the molecule is CC/C=C/C/C=C/C/C=C/C/C=C/CCCCCC(=O)O. The molecule has 0 radical (unpaired) electrons. The molecule has 2 nitrogen and oxygen atoms in total. The minimum atomic E-state index is -0.689. The molecule has 0 spiro atoms. The summed E-state index contributed by atoms with van der Waals surface area (Å²) in [7, 11) is 0. The van der Waals surface area contributed by atoms with Crippen LogP contribution in [0.3, 0.4) is 0 Å². The van der Waals surface area contributed by atoms with Crippen molar-refractivity contribution in [3.63, 3.8) is 0 Å². The van der Waals surface area contributed by atoms with Gasteiger partial charge in [0.25, 0.3) is 0 Å². The van der Waals surface area contributed by atoms with Gasteiger partial charge in [0, 0.05) is 6.42 Å². The van der Waals surface area contributed by atoms with Gasteiger partial charge in [0.1, 0.15) is 0 Å². The Kier molecular flexibility index (Phi) is 15.3. The van der Waals surface area contributed by atoms with E-state index in [0.717, 1.165) is 51.4 Å². The highest BCUT2D eigenvalue weighted by Crippen LogP contribution is 2.04. The van der Waals surface area contributed by atoms with Crippen LogP contribution in [0.2, 0.25) is 0 Å². The van der Waals surface area contributed by atoms with Gasteiger partial charge in [-0.3, -0.25) is 4.79 Å². The monoisotopic (exact) mass is 290 g/mol. The van der Waals surface area contributed by atoms with Crippen LogP contribution in [-0.2, 0) is 4.79 Å². The number of rotatable bonds is 13. The molecular formula is C19H30O2. The van der Waals surface area contributed by atoms with Gasteiger partial charge >= 0.3 is 5.97 Å². The van der Waals surface area contributed by atoms with Gasteiger partial charge < -0.3 is 5.11 Å². The fourth-order valence-corrected chi connectivity index (χ4v) is 1.81. The molecule has 0 saturated carbocycles. The summed E-state index contributed by atoms with van der Waals surface area (Å²) in [6.07, 6.45) is 25.9. The largest absolute Gasteiger partial charge is 0.481 e. The first kappa shape index (κ1) is 19.4. The first-order chi connectivity index (χ1) is 10.3. The van der Waals surface area contributed by atoms with E-state index in [0.29, 0.717) is 6.42 Å². The first-order valence-corrected chi connectivity index (χ1v) is 8.09. The summed E-state index contributed by atoms with van der Waals surface area (Å²) in [6, 6.07) is 0. The standard InChI is InChI=1S/C19H30O2/c1-2-3-4-5-6-7-8-9-10-11-12-13-14-15-16-17-18-19(20)21/h3-4,6-7,9-10,12-13H,2,5,8,11,14-18H2,1H3,(H,20,21)/b4-3+,7-6+,10-9+,13-12+. The van der Waals surface area contributed by atoms with Crippen LogP contribution in [0.15, 0.2) is 48.6 Å². The lowest BCUT2D eigenvalue weighted by Gasteiger charge is -1.94. The van der Waals surface area contributed by atoms with Crippen LogP contribution in [0.25, 0.3) is 0 Å². The minimum absolute atomic E-state index is 0.300. The average Bonchev–Trinajstić information content (AvgIpc) is 2.46. The summed E-state index contributed by atoms with van der Waals surface area (Å²) in [6.45, 7) is 2.15. The van der Waals surface area contributed by atoms with Gasteiger partial charge in [-0.1, -0.05) is 62.0 Å². The van der Waals surface area contributed by atoms with E-state index in [4.69, 9.17) is 5.11 Å². The van der Waals surface area contributed by atoms with Gasteiger partial charge in [-0.05, 0) is 44.9 Å². The molecule has 0 aromatic heterocycles. The molecule has 0 aromatic carbocycles. The van der Waals surface area contributed by atoms with Crippen molar-refractivity contribution in [2.75, 3.05) is 0 Å². The average molecular weight is 290 g/mol. The second kappa shape index (κ2) is 16.5. The lowest BCUT2D eigenvalue weighted by molar-refractivity contribution is -0.137. The fourth-order valence-electron chi connectivity index (χ4n) is 1.81. The Morgan fingerprint density at radius 1 is 0.762 bits per heavy atom. The molecule has 0 rings (SSSR count). The molecule has 0 fully saturated rings. The van der Waals surface area contributed by atoms with Crippen LogP contribution in [0, 0.1) is 0 Å². The van der Waals surface area contributed by atoms with Crippen molar-refractivity contribution >= 4 is 5.97 Å². The van der Waals surface area contributed by atoms with Gasteiger partial charge in [-0.2, -0.15) is 0 Å². The van der Waals surface area contributed by atoms with E-state index in [2.05, 4.69) is 55.5 Å². The summed E-state index contributed by atoms with van der Waals surface area (Å²) in [5, 5.41) is 8.50. The third kappa shape index (κ3) is 18.4. The second-order valence-electron chi connectivity index (χ2n) is 4.99. The smallest absolute Gasteiger partial charge is 0.303 e. The highest BCUT2D eigenvalue weighted by atomic mass is 16.4. The highest BCUT2D eigenvalue weighted by Gasteiger charge is 1.94. The molecule has 0 bridgehead atoms. The van der Waals surface area contributed by atoms with Crippen molar-refractivity contribution in [3.05, 3.63) is 48.6 Å². The molecule has 0 heterocycles. The third-order valence-corrected chi connectivity index (χ3v) is 2.98. The molecule has 118 valence electrons. The van der Waals surface area contributed by atoms with Gasteiger partial charge in [0.15, 0.2) is 0 Å². The number of aliphatic carboxylic acids is 1. The minimum Gasteiger partial charge on any atom is -0.481 e. The number of hydrogen-bond donors (Lipinski definition) is 1. The van der Waals surface area contributed by atoms with Crippen molar-refractivity contribution < 1.29 is 9.90 Å². The van der Waals surface area contributed by atoms with Crippen molar-refractivity contribution in [3.8, 4) is 0 Å². The molecule has 0 unspecified atom stereocenters. The molecule has 1 N–H and O–H groups in total. The van der Waals surface area contributed by atoms with E-state index in [-0.39, 0.29) is 0 Å². The predicted octanol–water partition coefficient (Wildman–Crippen LogP) is 5.83. The number of carboxylic acid groups (broad SMARTS) is 1. The zero-order valence-corrected chi connectivity index (χ0v) is 13.3. The Morgan fingerprint density at radius 3 is 1.81 bits per heavy atom. The molecule has 0 aromatic rings. The number of allylic oxidation sites excluding steroid dienone is 8. The maximum atomic E-state index is 10.3. The summed E-state index contributed by atoms with van der Waals surface area (Å²) in [5.41, 5.74) is 0. The number of carbonyl (C=O) groups is 1. The highest BCUT2D eigenvalue weighted by molar-refractivity contribution is 5.66. The maximum Gasteiger partial charge on any atom is 0.303 e. The molecule has 0 saturated heterocycles. The maximum absolute atomic E-state index is 10.3. The van der Waals surface area contributed by atoms with Crippen LogP contribution < -0.4 is 0 Å². The zero-order valence-electron chi connectivity index (χ0n) is 13.3. The van der Waals surface area contributed by atoms with E-state index < -0.39 is 5.97 Å². The van der Waals surface area contributed by atoms with Crippen molar-refractivity contribution in [2.24, 2.45) is 0 Å². The normalized spacial score (nSPS) is 12.4. The fraction of sp³-hybridized carbons (Fsp3) is 0.526. The van der Waals surface area contributed by atoms with E-state index in [1.54, 1.807) is 0 Å². The van der Waals surface area contributed by atoms with Crippen LogP contribution in [-0.4, -0.2) is 11.1 Å². The Bertz CT molecular complexity index is 349. The molecule has 0 aliphatic rings. The Balaban J connectivity index is 3.36. The molecule has 0 aliphatic heterocycles. The molecule has 2 heteroatoms. The van der Waals surface area contributed by atoms with E-state index in [1.165, 1.54) is 0 Å². The summed E-state index contributed by atoms with van der Waals surface area (Å²) < 4.78 is 0. The molecular weight excluding hydrogens is 260 g/mol. The quantitative estimate of drug-likeness (QED) is 0.342. The number of carboxylic acids is 1. The van der Waals surface area contributed by atoms with Crippen LogP contribution >= 0.6 is 0 Å². The van der Waals surface area contributed by atoms with Gasteiger partial charge in [0.05, 0.1) is 0 Å². The van der Waals surface area contributed by atoms with Gasteiger partial charge in [0.2, 0.25) is 0 Å². The van der Waals surface area contributed by atoms with E-state index in [1.807, 2.05) is 0 Å². The van der Waals surface area contributed by atoms with Crippen molar-refractivity contribution in [2.45, 2.75) is 64.7 Å². The first-order valence-electron chi connectivity index (χ1n) is 8.09. The van der Waals surface area contributed by atoms with Gasteiger partial charge in [-0.15, -0.1) is 0 Å². The molecule has 21 heavy (non-hydrogen) atoms. The molecule has 0 atom stereocenters. The van der Waals surface area contributed by atoms with Gasteiger partial charge in [-0.25, -0.2) is 0 Å². The summed E-state index contributed by atoms with van der Waals surface area (Å²) in [5.74, 6) is -0.689. The Labute approximate surface area is 130 Å². The summed E-state index contributed by atoms with van der Waals surface area (Å²) >= 11 is 0. The number of unbranched alkanes of at least 4 members (excludes halogenated alkanes) is 3. The van der Waals surface area contributed by atoms with Crippen molar-refractivity contribution in [1.82, 2.24) is 0 Å². The van der Waals surface area contributed by atoms with E-state index in [9.17, 15) is 4.79 Å². The topological polar surface area (TPSA) is 37.3 Å².